The van der Waals surface area contributed by atoms with E-state index in [2.05, 4.69) is 56.5 Å². The van der Waals surface area contributed by atoms with E-state index in [1.165, 1.54) is 36.0 Å². The molecule has 1 saturated carbocycles. The smallest absolute Gasteiger partial charge is 0.319 e. The lowest BCUT2D eigenvalue weighted by Crippen LogP contribution is -2.53. The summed E-state index contributed by atoms with van der Waals surface area (Å²) in [7, 11) is 3.21. The highest BCUT2D eigenvalue weighted by molar-refractivity contribution is 5.91. The van der Waals surface area contributed by atoms with E-state index >= 15 is 0 Å². The number of fused-ring (bicyclic) bond motifs is 3. The van der Waals surface area contributed by atoms with Crippen molar-refractivity contribution in [1.82, 2.24) is 5.32 Å². The third-order valence-corrected chi connectivity index (χ3v) is 8.48. The zero-order valence-corrected chi connectivity index (χ0v) is 21.6. The Kier molecular flexibility index (Phi) is 6.84. The maximum absolute atomic E-state index is 12.9. The van der Waals surface area contributed by atoms with Gasteiger partial charge in [-0.3, -0.25) is 0 Å². The van der Waals surface area contributed by atoms with Gasteiger partial charge in [-0.2, -0.15) is 0 Å². The van der Waals surface area contributed by atoms with Crippen LogP contribution < -0.4 is 20.1 Å². The molecule has 0 heterocycles. The van der Waals surface area contributed by atoms with Crippen molar-refractivity contribution in [2.45, 2.75) is 71.1 Å². The lowest BCUT2D eigenvalue weighted by molar-refractivity contribution is 0.0281. The summed E-state index contributed by atoms with van der Waals surface area (Å²) in [5.74, 6) is 2.38. The molecule has 0 spiro atoms. The number of carbonyl (C=O) groups excluding carboxylic acids is 1. The molecule has 2 aromatic rings. The van der Waals surface area contributed by atoms with Crippen LogP contribution in [0.4, 0.5) is 10.5 Å². The molecule has 0 aliphatic heterocycles. The molecule has 2 amide bonds. The molecule has 0 unspecified atom stereocenters. The van der Waals surface area contributed by atoms with Crippen LogP contribution in [0.3, 0.4) is 0 Å². The molecule has 2 aromatic carbocycles. The predicted octanol–water partition coefficient (Wildman–Crippen LogP) is 6.66. The highest BCUT2D eigenvalue weighted by Crippen LogP contribution is 2.57. The lowest BCUT2D eigenvalue weighted by Gasteiger charge is -2.55. The summed E-state index contributed by atoms with van der Waals surface area (Å²) in [5.41, 5.74) is 5.31. The van der Waals surface area contributed by atoms with Crippen molar-refractivity contribution in [3.8, 4) is 11.5 Å². The number of hydrogen-bond donors (Lipinski definition) is 2. The first-order valence-electron chi connectivity index (χ1n) is 12.6. The van der Waals surface area contributed by atoms with Crippen LogP contribution in [0.2, 0.25) is 0 Å². The van der Waals surface area contributed by atoms with Crippen LogP contribution in [-0.2, 0) is 11.8 Å². The summed E-state index contributed by atoms with van der Waals surface area (Å²) < 4.78 is 10.7. The molecule has 0 bridgehead atoms. The molecular weight excluding hydrogens is 424 g/mol. The fourth-order valence-electron chi connectivity index (χ4n) is 6.58. The number of aryl methyl sites for hydroxylation is 1. The van der Waals surface area contributed by atoms with Gasteiger partial charge in [0.05, 0.1) is 19.9 Å². The van der Waals surface area contributed by atoms with Crippen LogP contribution in [-0.4, -0.2) is 26.8 Å². The average molecular weight is 465 g/mol. The zero-order valence-electron chi connectivity index (χ0n) is 21.6. The Morgan fingerprint density at radius 2 is 1.88 bits per heavy atom. The fourth-order valence-corrected chi connectivity index (χ4v) is 6.58. The number of hydrogen-bond acceptors (Lipinski definition) is 3. The summed E-state index contributed by atoms with van der Waals surface area (Å²) >= 11 is 0. The minimum atomic E-state index is -0.210. The van der Waals surface area contributed by atoms with E-state index in [1.807, 2.05) is 6.07 Å². The molecule has 4 rings (SSSR count). The molecule has 184 valence electrons. The SMILES string of the molecule is COc1ccc(OC)c(NC(=O)NC[C@]2(C)CCC[C@]3(C)c4ccc(C(C)C)cc4CC[C@@H]23)c1. The Labute approximate surface area is 204 Å². The van der Waals surface area contributed by atoms with E-state index in [0.717, 1.165) is 12.8 Å². The molecule has 5 nitrogen and oxygen atoms in total. The second-order valence-corrected chi connectivity index (χ2v) is 11.0. The average Bonchev–Trinajstić information content (AvgIpc) is 2.82. The van der Waals surface area contributed by atoms with Gasteiger partial charge in [0.25, 0.3) is 0 Å². The van der Waals surface area contributed by atoms with Crippen LogP contribution in [0.15, 0.2) is 36.4 Å². The fraction of sp³-hybridized carbons (Fsp3) is 0.552. The van der Waals surface area contributed by atoms with Crippen molar-refractivity contribution < 1.29 is 14.3 Å². The molecular formula is C29H40N2O3. The Hall–Kier alpha value is -2.69. The van der Waals surface area contributed by atoms with Crippen molar-refractivity contribution >= 4 is 11.7 Å². The second-order valence-electron chi connectivity index (χ2n) is 11.0. The first-order chi connectivity index (χ1) is 16.2. The number of rotatable bonds is 6. The van der Waals surface area contributed by atoms with Crippen LogP contribution in [0, 0.1) is 11.3 Å². The van der Waals surface area contributed by atoms with Gasteiger partial charge in [0, 0.05) is 12.6 Å². The molecule has 1 fully saturated rings. The summed E-state index contributed by atoms with van der Waals surface area (Å²) in [6.45, 7) is 10.0. The molecule has 2 N–H and O–H groups in total. The van der Waals surface area contributed by atoms with E-state index in [4.69, 9.17) is 9.47 Å². The molecule has 2 aliphatic carbocycles. The predicted molar refractivity (Wildman–Crippen MR) is 138 cm³/mol. The van der Waals surface area contributed by atoms with Crippen molar-refractivity contribution in [3.05, 3.63) is 53.1 Å². The Bertz CT molecular complexity index is 1050. The number of ether oxygens (including phenoxy) is 2. The normalized spacial score (nSPS) is 25.8. The number of anilines is 1. The van der Waals surface area contributed by atoms with Crippen LogP contribution in [0.1, 0.15) is 76.0 Å². The van der Waals surface area contributed by atoms with Gasteiger partial charge in [-0.15, -0.1) is 0 Å². The number of carbonyl (C=O) groups is 1. The van der Waals surface area contributed by atoms with Crippen molar-refractivity contribution in [2.75, 3.05) is 26.1 Å². The van der Waals surface area contributed by atoms with Crippen LogP contribution >= 0.6 is 0 Å². The summed E-state index contributed by atoms with van der Waals surface area (Å²) in [5, 5.41) is 6.13. The number of methoxy groups -OCH3 is 2. The van der Waals surface area contributed by atoms with Gasteiger partial charge in [0.1, 0.15) is 11.5 Å². The maximum Gasteiger partial charge on any atom is 0.319 e. The third-order valence-electron chi connectivity index (χ3n) is 8.48. The van der Waals surface area contributed by atoms with Gasteiger partial charge in [-0.1, -0.05) is 52.3 Å². The topological polar surface area (TPSA) is 59.6 Å². The molecule has 34 heavy (non-hydrogen) atoms. The van der Waals surface area contributed by atoms with E-state index < -0.39 is 0 Å². The van der Waals surface area contributed by atoms with Crippen LogP contribution in [0.5, 0.6) is 11.5 Å². The minimum absolute atomic E-state index is 0.0528. The number of amides is 2. The Balaban J connectivity index is 1.49. The van der Waals surface area contributed by atoms with Crippen molar-refractivity contribution in [1.29, 1.82) is 0 Å². The highest BCUT2D eigenvalue weighted by Gasteiger charge is 2.51. The second kappa shape index (κ2) is 9.52. The summed E-state index contributed by atoms with van der Waals surface area (Å²) in [6, 6.07) is 12.4. The first kappa shape index (κ1) is 24.4. The van der Waals surface area contributed by atoms with Gasteiger partial charge in [-0.25, -0.2) is 4.79 Å². The van der Waals surface area contributed by atoms with Crippen molar-refractivity contribution in [3.63, 3.8) is 0 Å². The third kappa shape index (κ3) is 4.49. The lowest BCUT2D eigenvalue weighted by atomic mass is 9.49. The van der Waals surface area contributed by atoms with Crippen molar-refractivity contribution in [2.24, 2.45) is 11.3 Å². The van der Waals surface area contributed by atoms with E-state index in [-0.39, 0.29) is 16.9 Å². The van der Waals surface area contributed by atoms with E-state index in [0.29, 0.717) is 35.6 Å². The van der Waals surface area contributed by atoms with Gasteiger partial charge in [-0.05, 0) is 77.2 Å². The quantitative estimate of drug-likeness (QED) is 0.502. The van der Waals surface area contributed by atoms with Crippen LogP contribution in [0.25, 0.3) is 0 Å². The van der Waals surface area contributed by atoms with E-state index in [9.17, 15) is 4.79 Å². The minimum Gasteiger partial charge on any atom is -0.497 e. The molecule has 2 aliphatic rings. The molecule has 5 heteroatoms. The van der Waals surface area contributed by atoms with Gasteiger partial charge >= 0.3 is 6.03 Å². The first-order valence-corrected chi connectivity index (χ1v) is 12.6. The van der Waals surface area contributed by atoms with Gasteiger partial charge < -0.3 is 20.1 Å². The molecule has 3 atom stereocenters. The molecule has 0 radical (unpaired) electrons. The Morgan fingerprint density at radius 3 is 2.59 bits per heavy atom. The molecule has 0 saturated heterocycles. The number of urea groups is 1. The number of benzene rings is 2. The largest absolute Gasteiger partial charge is 0.497 e. The Morgan fingerprint density at radius 1 is 1.09 bits per heavy atom. The van der Waals surface area contributed by atoms with Gasteiger partial charge in [0.2, 0.25) is 0 Å². The highest BCUT2D eigenvalue weighted by atomic mass is 16.5. The maximum atomic E-state index is 12.9. The monoisotopic (exact) mass is 464 g/mol. The molecule has 0 aromatic heterocycles. The summed E-state index contributed by atoms with van der Waals surface area (Å²) in [6.07, 6.45) is 5.83. The van der Waals surface area contributed by atoms with Gasteiger partial charge in [0.15, 0.2) is 0 Å². The summed E-state index contributed by atoms with van der Waals surface area (Å²) in [4.78, 5) is 12.9. The van der Waals surface area contributed by atoms with E-state index in [1.54, 1.807) is 26.4 Å². The number of nitrogens with one attached hydrogen (secondary N) is 2. The zero-order chi connectivity index (χ0) is 24.5. The standard InChI is InChI=1S/C29H40N2O3/c1-19(2)20-8-11-23-21(16-20)9-13-26-28(3,14-7-15-29(23,26)4)18-30-27(32)31-24-17-22(33-5)10-12-25(24)34-6/h8,10-12,16-17,19,26H,7,9,13-15,18H2,1-6H3,(H2,30,31,32)/t26-,28-,29+/m0/s1.